The lowest BCUT2D eigenvalue weighted by molar-refractivity contribution is 0.302. The molecule has 0 saturated heterocycles. The summed E-state index contributed by atoms with van der Waals surface area (Å²) in [6, 6.07) is 7.41. The zero-order valence-corrected chi connectivity index (χ0v) is 19.2. The van der Waals surface area contributed by atoms with Gasteiger partial charge in [-0.2, -0.15) is 0 Å². The summed E-state index contributed by atoms with van der Waals surface area (Å²) in [7, 11) is 0. The van der Waals surface area contributed by atoms with Crippen molar-refractivity contribution in [1.82, 2.24) is 4.98 Å². The highest BCUT2D eigenvalue weighted by molar-refractivity contribution is 5.70. The van der Waals surface area contributed by atoms with Crippen molar-refractivity contribution in [2.24, 2.45) is 5.92 Å². The molecule has 180 valence electrons. The smallest absolute Gasteiger partial charge is 0.194 e. The Morgan fingerprint density at radius 2 is 1.41 bits per heavy atom. The van der Waals surface area contributed by atoms with E-state index in [1.165, 1.54) is 50.7 Å². The number of halogens is 5. The number of unbranched alkanes of at least 4 members (excludes halogenated alkanes) is 2. The average molecular weight is 474 g/mol. The van der Waals surface area contributed by atoms with Crippen molar-refractivity contribution in [3.05, 3.63) is 77.2 Å². The first-order chi connectivity index (χ1) is 16.4. The maximum absolute atomic E-state index is 14.9. The Morgan fingerprint density at radius 3 is 2.03 bits per heavy atom. The Morgan fingerprint density at radius 1 is 0.765 bits per heavy atom. The molecule has 1 aromatic heterocycles. The highest BCUT2D eigenvalue weighted by Gasteiger charge is 2.23. The second-order valence-electron chi connectivity index (χ2n) is 9.23. The standard InChI is InChI=1S/C28H28F5N/c1-2-3-4-5-17-6-8-18(9-7-17)19-10-13-25(34-16-19)22-12-11-21(26(31)27(22)32)20-14-23(29)28(33)24(30)15-20/h10-18H,2-9H2,1H3. The molecule has 0 spiro atoms. The van der Waals surface area contributed by atoms with Crippen molar-refractivity contribution in [2.45, 2.75) is 64.2 Å². The van der Waals surface area contributed by atoms with Gasteiger partial charge >= 0.3 is 0 Å². The Balaban J connectivity index is 1.49. The summed E-state index contributed by atoms with van der Waals surface area (Å²) in [4.78, 5) is 4.37. The minimum absolute atomic E-state index is 0.0458. The lowest BCUT2D eigenvalue weighted by Gasteiger charge is -2.28. The molecule has 4 rings (SSSR count). The van der Waals surface area contributed by atoms with Gasteiger partial charge in [0.2, 0.25) is 0 Å². The van der Waals surface area contributed by atoms with Crippen LogP contribution in [0.3, 0.4) is 0 Å². The number of pyridine rings is 1. The summed E-state index contributed by atoms with van der Waals surface area (Å²) in [6.07, 6.45) is 11.5. The maximum atomic E-state index is 14.9. The van der Waals surface area contributed by atoms with Crippen LogP contribution < -0.4 is 0 Å². The third-order valence-electron chi connectivity index (χ3n) is 6.97. The van der Waals surface area contributed by atoms with Gasteiger partial charge in [0, 0.05) is 17.3 Å². The van der Waals surface area contributed by atoms with Crippen LogP contribution in [-0.2, 0) is 0 Å². The molecule has 1 fully saturated rings. The molecule has 1 aliphatic rings. The molecular formula is C28H28F5N. The van der Waals surface area contributed by atoms with E-state index in [1.54, 1.807) is 12.3 Å². The van der Waals surface area contributed by atoms with Crippen molar-refractivity contribution < 1.29 is 22.0 Å². The lowest BCUT2D eigenvalue weighted by atomic mass is 9.77. The van der Waals surface area contributed by atoms with Gasteiger partial charge in [-0.05, 0) is 72.9 Å². The van der Waals surface area contributed by atoms with Crippen molar-refractivity contribution in [3.63, 3.8) is 0 Å². The number of rotatable bonds is 7. The fraction of sp³-hybridized carbons (Fsp3) is 0.393. The molecule has 0 aliphatic heterocycles. The van der Waals surface area contributed by atoms with Gasteiger partial charge in [-0.3, -0.25) is 4.98 Å². The zero-order valence-electron chi connectivity index (χ0n) is 19.2. The third kappa shape index (κ3) is 5.16. The summed E-state index contributed by atoms with van der Waals surface area (Å²) in [5.41, 5.74) is 0.691. The van der Waals surface area contributed by atoms with Gasteiger partial charge in [0.15, 0.2) is 29.1 Å². The predicted octanol–water partition coefficient (Wildman–Crippen LogP) is 8.97. The molecule has 0 atom stereocenters. The van der Waals surface area contributed by atoms with Gasteiger partial charge in [0.25, 0.3) is 0 Å². The van der Waals surface area contributed by atoms with Crippen molar-refractivity contribution in [1.29, 1.82) is 0 Å². The van der Waals surface area contributed by atoms with E-state index in [2.05, 4.69) is 11.9 Å². The average Bonchev–Trinajstić information content (AvgIpc) is 2.85. The summed E-state index contributed by atoms with van der Waals surface area (Å²) in [6.45, 7) is 2.22. The molecule has 0 amide bonds. The van der Waals surface area contributed by atoms with E-state index < -0.39 is 29.1 Å². The molecule has 0 radical (unpaired) electrons. The Kier molecular flexibility index (Phi) is 7.64. The van der Waals surface area contributed by atoms with Crippen molar-refractivity contribution in [2.75, 3.05) is 0 Å². The minimum atomic E-state index is -1.66. The first kappa shape index (κ1) is 24.4. The molecular weight excluding hydrogens is 445 g/mol. The molecule has 0 unspecified atom stereocenters. The van der Waals surface area contributed by atoms with E-state index >= 15 is 0 Å². The van der Waals surface area contributed by atoms with E-state index in [-0.39, 0.29) is 22.4 Å². The van der Waals surface area contributed by atoms with E-state index in [1.807, 2.05) is 6.07 Å². The summed E-state index contributed by atoms with van der Waals surface area (Å²) in [5, 5.41) is 0. The Bertz CT molecular complexity index is 1110. The van der Waals surface area contributed by atoms with Crippen LogP contribution in [0.5, 0.6) is 0 Å². The first-order valence-electron chi connectivity index (χ1n) is 12.0. The third-order valence-corrected chi connectivity index (χ3v) is 6.97. The summed E-state index contributed by atoms with van der Waals surface area (Å²) >= 11 is 0. The fourth-order valence-electron chi connectivity index (χ4n) is 4.95. The largest absolute Gasteiger partial charge is 0.256 e. The topological polar surface area (TPSA) is 12.9 Å². The van der Waals surface area contributed by atoms with E-state index in [0.29, 0.717) is 18.1 Å². The van der Waals surface area contributed by atoms with Gasteiger partial charge < -0.3 is 0 Å². The van der Waals surface area contributed by atoms with Crippen molar-refractivity contribution in [3.8, 4) is 22.4 Å². The second kappa shape index (κ2) is 10.7. The van der Waals surface area contributed by atoms with Crippen LogP contribution in [0.15, 0.2) is 42.6 Å². The van der Waals surface area contributed by atoms with Gasteiger partial charge in [0.05, 0.1) is 5.69 Å². The summed E-state index contributed by atoms with van der Waals surface area (Å²) < 4.78 is 69.9. The Hall–Kier alpha value is -2.76. The Labute approximate surface area is 197 Å². The molecule has 2 aromatic carbocycles. The monoisotopic (exact) mass is 473 g/mol. The van der Waals surface area contributed by atoms with Gasteiger partial charge in [0.1, 0.15) is 0 Å². The SMILES string of the molecule is CCCCCC1CCC(c2ccc(-c3ccc(-c4cc(F)c(F)c(F)c4)c(F)c3F)nc2)CC1. The van der Waals surface area contributed by atoms with Gasteiger partial charge in [-0.15, -0.1) is 0 Å². The van der Waals surface area contributed by atoms with Crippen LogP contribution >= 0.6 is 0 Å². The molecule has 1 nitrogen and oxygen atoms in total. The first-order valence-corrected chi connectivity index (χ1v) is 12.0. The predicted molar refractivity (Wildman–Crippen MR) is 124 cm³/mol. The van der Waals surface area contributed by atoms with E-state index in [0.717, 1.165) is 24.3 Å². The normalized spacial score (nSPS) is 18.3. The molecule has 6 heteroatoms. The maximum Gasteiger partial charge on any atom is 0.194 e. The molecule has 1 heterocycles. The number of nitrogens with zero attached hydrogens (tertiary/aromatic N) is 1. The molecule has 1 aliphatic carbocycles. The van der Waals surface area contributed by atoms with Gasteiger partial charge in [-0.25, -0.2) is 22.0 Å². The van der Waals surface area contributed by atoms with Crippen LogP contribution in [0.4, 0.5) is 22.0 Å². The number of hydrogen-bond donors (Lipinski definition) is 0. The molecule has 1 saturated carbocycles. The van der Waals surface area contributed by atoms with Crippen molar-refractivity contribution >= 4 is 0 Å². The zero-order chi connectivity index (χ0) is 24.2. The highest BCUT2D eigenvalue weighted by Crippen LogP contribution is 2.38. The highest BCUT2D eigenvalue weighted by atomic mass is 19.2. The van der Waals surface area contributed by atoms with Crippen LogP contribution in [0.2, 0.25) is 0 Å². The molecule has 0 N–H and O–H groups in total. The second-order valence-corrected chi connectivity index (χ2v) is 9.23. The van der Waals surface area contributed by atoms with E-state index in [4.69, 9.17) is 0 Å². The van der Waals surface area contributed by atoms with Gasteiger partial charge in [-0.1, -0.05) is 44.7 Å². The molecule has 0 bridgehead atoms. The number of hydrogen-bond acceptors (Lipinski definition) is 1. The minimum Gasteiger partial charge on any atom is -0.256 e. The molecule has 34 heavy (non-hydrogen) atoms. The summed E-state index contributed by atoms with van der Waals surface area (Å²) in [5.74, 6) is -5.80. The van der Waals surface area contributed by atoms with Crippen LogP contribution in [0, 0.1) is 35.0 Å². The van der Waals surface area contributed by atoms with Crippen LogP contribution in [0.1, 0.15) is 69.8 Å². The lowest BCUT2D eigenvalue weighted by Crippen LogP contribution is -2.13. The molecule has 3 aromatic rings. The number of benzene rings is 2. The quantitative estimate of drug-likeness (QED) is 0.190. The van der Waals surface area contributed by atoms with Crippen LogP contribution in [0.25, 0.3) is 22.4 Å². The number of aromatic nitrogens is 1. The van der Waals surface area contributed by atoms with E-state index in [9.17, 15) is 22.0 Å². The fourth-order valence-corrected chi connectivity index (χ4v) is 4.95. The van der Waals surface area contributed by atoms with Crippen LogP contribution in [-0.4, -0.2) is 4.98 Å².